The molecule has 25 heteroatoms. The number of hydrogen-bond acceptors (Lipinski definition) is 19. The Bertz CT molecular complexity index is 3350. The molecule has 9 rings (SSSR count). The van der Waals surface area contributed by atoms with Crippen molar-refractivity contribution in [1.82, 2.24) is 45.4 Å². The Morgan fingerprint density at radius 3 is 1.32 bits per heavy atom. The van der Waals surface area contributed by atoms with Crippen molar-refractivity contribution in [2.24, 2.45) is 0 Å². The van der Waals surface area contributed by atoms with Crippen molar-refractivity contribution < 1.29 is 32.7 Å². The third-order valence-electron chi connectivity index (χ3n) is 11.6. The fraction of sp³-hybridized carbons (Fsp3) is 0.351. The normalized spacial score (nSPS) is 11.3. The molecular formula is C57H67N15O7S3. The third-order valence-corrected chi connectivity index (χ3v) is 14.5. The van der Waals surface area contributed by atoms with E-state index < -0.39 is 12.1 Å². The lowest BCUT2D eigenvalue weighted by Crippen LogP contribution is -2.19. The molecule has 0 aliphatic carbocycles. The SMILES string of the molecule is CC(=O)Nc1cc(CCc2cnc(NC(=O)Nc3cc(C(C)(C)C)no3)s2)ccn1.CC(C)(C)c1cc(CC(=O)Nc2ncc(CCc3ccncc3)s2)no1.CC(C)(C)c1cc(NC(=O)Nc2ncc(CCc3ccncc3)s2)on1. The highest BCUT2D eigenvalue weighted by Gasteiger charge is 2.23. The molecule has 0 bridgehead atoms. The van der Waals surface area contributed by atoms with Gasteiger partial charge in [0.05, 0.1) is 23.5 Å². The summed E-state index contributed by atoms with van der Waals surface area (Å²) in [5, 5.41) is 29.7. The standard InChI is InChI=1S/C20H24N6O3S.C19H22N4O2S.C18H21N5O2S/c1-12(27)23-16-9-13(7-8-21-16)5-6-14-11-22-19(30-14)25-18(28)24-17-10-15(26-29-17)20(2,3)4;1-19(2,3)16-10-14(23-25-16)11-17(24)22-18-21-12-15(26-18)5-4-13-6-8-20-9-7-13;1-18(2,3)14-10-15(25-23-14)21-16(24)22-17-20-11-13(26-17)5-4-12-6-8-19-9-7-12/h7-11H,5-6H2,1-4H3,(H,21,23,27)(H2,22,24,25,28);6-10,12H,4-5,11H2,1-3H3,(H,21,22,24);6-11H,4-5H2,1-3H3,(H2,20,21,22,24). The van der Waals surface area contributed by atoms with Crippen LogP contribution in [0.5, 0.6) is 0 Å². The minimum atomic E-state index is -0.443. The Balaban J connectivity index is 0.000000178. The van der Waals surface area contributed by atoms with Crippen LogP contribution in [0.15, 0.2) is 118 Å². The number of carbonyl (C=O) groups is 4. The van der Waals surface area contributed by atoms with Crippen LogP contribution in [0.25, 0.3) is 0 Å². The number of rotatable bonds is 17. The number of nitrogens with one attached hydrogen (secondary N) is 6. The third kappa shape index (κ3) is 20.2. The smallest absolute Gasteiger partial charge is 0.327 e. The van der Waals surface area contributed by atoms with E-state index >= 15 is 0 Å². The highest BCUT2D eigenvalue weighted by atomic mass is 32.1. The average Bonchev–Trinajstić information content (AvgIpc) is 4.42. The number of urea groups is 2. The first-order chi connectivity index (χ1) is 39.0. The second-order valence-electron chi connectivity index (χ2n) is 21.8. The van der Waals surface area contributed by atoms with Crippen molar-refractivity contribution in [2.75, 3.05) is 31.9 Å². The molecule has 430 valence electrons. The minimum absolute atomic E-state index is 0.124. The number of aryl methyl sites for hydroxylation is 6. The Morgan fingerprint density at radius 2 is 0.902 bits per heavy atom. The molecule has 0 aromatic carbocycles. The zero-order valence-electron chi connectivity index (χ0n) is 47.4. The lowest BCUT2D eigenvalue weighted by atomic mass is 9.92. The first-order valence-corrected chi connectivity index (χ1v) is 28.6. The summed E-state index contributed by atoms with van der Waals surface area (Å²) in [4.78, 5) is 75.8. The van der Waals surface area contributed by atoms with Crippen molar-refractivity contribution in [3.8, 4) is 0 Å². The van der Waals surface area contributed by atoms with Gasteiger partial charge in [-0.15, -0.1) is 34.0 Å². The maximum absolute atomic E-state index is 12.2. The predicted octanol–water partition coefficient (Wildman–Crippen LogP) is 12.3. The van der Waals surface area contributed by atoms with Crippen LogP contribution < -0.4 is 31.9 Å². The molecule has 6 N–H and O–H groups in total. The number of amides is 6. The maximum atomic E-state index is 12.2. The number of nitrogens with zero attached hydrogens (tertiary/aromatic N) is 9. The van der Waals surface area contributed by atoms with E-state index in [1.165, 1.54) is 52.1 Å². The van der Waals surface area contributed by atoms with Crippen LogP contribution in [0.2, 0.25) is 0 Å². The zero-order chi connectivity index (χ0) is 58.9. The summed E-state index contributed by atoms with van der Waals surface area (Å²) in [6.45, 7) is 19.7. The van der Waals surface area contributed by atoms with Crippen molar-refractivity contribution >= 4 is 90.9 Å². The summed E-state index contributed by atoms with van der Waals surface area (Å²) >= 11 is 4.35. The summed E-state index contributed by atoms with van der Waals surface area (Å²) < 4.78 is 15.6. The van der Waals surface area contributed by atoms with Gasteiger partial charge in [0, 0.05) is 106 Å². The largest absolute Gasteiger partial charge is 0.361 e. The lowest BCUT2D eigenvalue weighted by molar-refractivity contribution is -0.116. The van der Waals surface area contributed by atoms with Gasteiger partial charge in [-0.1, -0.05) is 77.8 Å². The first kappa shape index (κ1) is 61.1. The number of aromatic nitrogens is 9. The summed E-state index contributed by atoms with van der Waals surface area (Å²) in [7, 11) is 0. The Hall–Kier alpha value is -8.55. The molecule has 9 aromatic rings. The second kappa shape index (κ2) is 28.2. The highest BCUT2D eigenvalue weighted by Crippen LogP contribution is 2.28. The number of pyridine rings is 3. The minimum Gasteiger partial charge on any atom is -0.361 e. The molecule has 0 saturated carbocycles. The fourth-order valence-electron chi connectivity index (χ4n) is 7.15. The fourth-order valence-corrected chi connectivity index (χ4v) is 9.60. The molecule has 0 fully saturated rings. The molecule has 0 radical (unpaired) electrons. The number of hydrogen-bond donors (Lipinski definition) is 6. The van der Waals surface area contributed by atoms with E-state index in [1.54, 1.807) is 55.5 Å². The molecule has 9 aromatic heterocycles. The quantitative estimate of drug-likeness (QED) is 0.0494. The van der Waals surface area contributed by atoms with E-state index in [0.717, 1.165) is 75.9 Å². The van der Waals surface area contributed by atoms with E-state index in [0.29, 0.717) is 32.8 Å². The van der Waals surface area contributed by atoms with Crippen LogP contribution in [-0.4, -0.2) is 69.3 Å². The van der Waals surface area contributed by atoms with E-state index in [9.17, 15) is 19.2 Å². The predicted molar refractivity (Wildman–Crippen MR) is 319 cm³/mol. The van der Waals surface area contributed by atoms with Crippen LogP contribution in [0, 0.1) is 0 Å². The molecule has 0 saturated heterocycles. The monoisotopic (exact) mass is 1170 g/mol. The van der Waals surface area contributed by atoms with Gasteiger partial charge < -0.3 is 24.2 Å². The molecule has 0 aliphatic rings. The van der Waals surface area contributed by atoms with E-state index in [4.69, 9.17) is 13.6 Å². The molecule has 0 spiro atoms. The average molecular weight is 1170 g/mol. The topological polar surface area (TPSA) is 296 Å². The highest BCUT2D eigenvalue weighted by molar-refractivity contribution is 7.16. The molecule has 6 amide bonds. The van der Waals surface area contributed by atoms with Gasteiger partial charge in [-0.05, 0) is 91.6 Å². The molecule has 0 aliphatic heterocycles. The molecule has 0 atom stereocenters. The van der Waals surface area contributed by atoms with Gasteiger partial charge in [-0.25, -0.2) is 29.5 Å². The van der Waals surface area contributed by atoms with Gasteiger partial charge in [0.25, 0.3) is 0 Å². The second-order valence-corrected chi connectivity index (χ2v) is 25.2. The summed E-state index contributed by atoms with van der Waals surface area (Å²) in [6, 6.07) is 16.2. The Labute approximate surface area is 487 Å². The van der Waals surface area contributed by atoms with E-state index in [1.807, 2.05) is 111 Å². The van der Waals surface area contributed by atoms with Crippen LogP contribution >= 0.6 is 34.0 Å². The van der Waals surface area contributed by atoms with Gasteiger partial charge in [0.1, 0.15) is 11.6 Å². The molecule has 9 heterocycles. The Kier molecular flexibility index (Phi) is 21.0. The molecule has 82 heavy (non-hydrogen) atoms. The van der Waals surface area contributed by atoms with Crippen molar-refractivity contribution in [1.29, 1.82) is 0 Å². The van der Waals surface area contributed by atoms with Crippen molar-refractivity contribution in [3.05, 3.63) is 158 Å². The van der Waals surface area contributed by atoms with Crippen LogP contribution in [0.3, 0.4) is 0 Å². The van der Waals surface area contributed by atoms with E-state index in [-0.39, 0.29) is 40.4 Å². The molecular weight excluding hydrogens is 1100 g/mol. The number of anilines is 6. The van der Waals surface area contributed by atoms with Crippen LogP contribution in [0.1, 0.15) is 123 Å². The molecule has 0 unspecified atom stereocenters. The zero-order valence-corrected chi connectivity index (χ0v) is 49.8. The maximum Gasteiger partial charge on any atom is 0.327 e. The summed E-state index contributed by atoms with van der Waals surface area (Å²) in [5.74, 6) is 1.59. The summed E-state index contributed by atoms with van der Waals surface area (Å²) in [5.41, 5.74) is 5.24. The van der Waals surface area contributed by atoms with Crippen molar-refractivity contribution in [2.45, 2.75) is 130 Å². The molecule has 22 nitrogen and oxygen atoms in total. The summed E-state index contributed by atoms with van der Waals surface area (Å²) in [6.07, 6.45) is 19.4. The lowest BCUT2D eigenvalue weighted by Gasteiger charge is -2.12. The van der Waals surface area contributed by atoms with E-state index in [2.05, 4.69) is 77.3 Å². The first-order valence-electron chi connectivity index (χ1n) is 26.2. The van der Waals surface area contributed by atoms with Gasteiger partial charge in [-0.2, -0.15) is 0 Å². The van der Waals surface area contributed by atoms with Crippen molar-refractivity contribution in [3.63, 3.8) is 0 Å². The van der Waals surface area contributed by atoms with Gasteiger partial charge in [0.15, 0.2) is 15.4 Å². The van der Waals surface area contributed by atoms with Gasteiger partial charge in [0.2, 0.25) is 23.6 Å². The number of thiazole rings is 3. The van der Waals surface area contributed by atoms with Crippen LogP contribution in [0.4, 0.5) is 42.6 Å². The van der Waals surface area contributed by atoms with Crippen LogP contribution in [-0.2, 0) is 70.8 Å². The van der Waals surface area contributed by atoms with Gasteiger partial charge >= 0.3 is 12.1 Å². The Morgan fingerprint density at radius 1 is 0.463 bits per heavy atom. The van der Waals surface area contributed by atoms with Gasteiger partial charge in [-0.3, -0.25) is 40.8 Å². The number of carbonyl (C=O) groups excluding carboxylic acids is 4.